The van der Waals surface area contributed by atoms with Crippen molar-refractivity contribution in [3.05, 3.63) is 29.3 Å². The molecule has 7 heteroatoms. The molecule has 4 nitrogen and oxygen atoms in total. The molecule has 0 radical (unpaired) electrons. The maximum absolute atomic E-state index is 12.9. The third-order valence-electron chi connectivity index (χ3n) is 2.48. The average molecular weight is 290 g/mol. The van der Waals surface area contributed by atoms with Gasteiger partial charge in [-0.25, -0.2) is 0 Å². The average Bonchev–Trinajstić information content (AvgIpc) is 2.35. The van der Waals surface area contributed by atoms with Gasteiger partial charge in [-0.05, 0) is 32.0 Å². The molecule has 0 aliphatic heterocycles. The summed E-state index contributed by atoms with van der Waals surface area (Å²) in [5.41, 5.74) is 3.81. The van der Waals surface area contributed by atoms with Crippen LogP contribution < -0.4 is 10.5 Å². The molecule has 1 aromatic carbocycles. The van der Waals surface area contributed by atoms with Crippen molar-refractivity contribution < 1.29 is 22.6 Å². The second-order valence-electron chi connectivity index (χ2n) is 4.21. The minimum Gasteiger partial charge on any atom is -0.488 e. The highest BCUT2D eigenvalue weighted by Crippen LogP contribution is 2.34. The minimum atomic E-state index is -4.59. The minimum absolute atomic E-state index is 0.0644. The maximum atomic E-state index is 12.9. The van der Waals surface area contributed by atoms with Crippen molar-refractivity contribution in [1.29, 1.82) is 5.41 Å². The molecule has 3 N–H and O–H groups in total. The van der Waals surface area contributed by atoms with Crippen molar-refractivity contribution in [2.75, 3.05) is 13.2 Å². The summed E-state index contributed by atoms with van der Waals surface area (Å²) in [6, 6.07) is 3.33. The van der Waals surface area contributed by atoms with Crippen LogP contribution in [0, 0.1) is 5.41 Å². The number of alkyl halides is 3. The Labute approximate surface area is 115 Å². The van der Waals surface area contributed by atoms with Crippen LogP contribution in [0.3, 0.4) is 0 Å². The van der Waals surface area contributed by atoms with Gasteiger partial charge >= 0.3 is 6.18 Å². The van der Waals surface area contributed by atoms with E-state index in [9.17, 15) is 13.2 Å². The second-order valence-corrected chi connectivity index (χ2v) is 4.21. The Kier molecular flexibility index (Phi) is 5.38. The molecule has 20 heavy (non-hydrogen) atoms. The van der Waals surface area contributed by atoms with Crippen LogP contribution in [0.2, 0.25) is 0 Å². The lowest BCUT2D eigenvalue weighted by molar-refractivity contribution is -0.137. The van der Waals surface area contributed by atoms with E-state index in [1.54, 1.807) is 6.92 Å². The molecule has 1 rings (SSSR count). The Morgan fingerprint density at radius 1 is 1.40 bits per heavy atom. The summed E-state index contributed by atoms with van der Waals surface area (Å²) in [6.45, 7) is 4.30. The number of nitrogen functional groups attached to an aromatic ring is 1. The first-order valence-corrected chi connectivity index (χ1v) is 6.05. The fourth-order valence-electron chi connectivity index (χ4n) is 1.62. The Balaban J connectivity index is 2.98. The van der Waals surface area contributed by atoms with E-state index in [1.165, 1.54) is 6.07 Å². The van der Waals surface area contributed by atoms with Crippen molar-refractivity contribution >= 4 is 5.84 Å². The van der Waals surface area contributed by atoms with Crippen LogP contribution in [0.4, 0.5) is 13.2 Å². The molecule has 0 amide bonds. The summed E-state index contributed by atoms with van der Waals surface area (Å²) in [4.78, 5) is 0. The number of halogens is 3. The Bertz CT molecular complexity index is 475. The van der Waals surface area contributed by atoms with Crippen molar-refractivity contribution in [2.24, 2.45) is 5.73 Å². The molecule has 0 bridgehead atoms. The van der Waals surface area contributed by atoms with E-state index in [1.807, 2.05) is 6.92 Å². The van der Waals surface area contributed by atoms with E-state index in [2.05, 4.69) is 0 Å². The number of hydrogen-bond donors (Lipinski definition) is 2. The number of benzene rings is 1. The second kappa shape index (κ2) is 6.60. The number of nitrogens with one attached hydrogen (secondary N) is 1. The molecule has 0 aliphatic carbocycles. The highest BCUT2D eigenvalue weighted by molar-refractivity contribution is 5.96. The largest absolute Gasteiger partial charge is 0.488 e. The monoisotopic (exact) mass is 290 g/mol. The SMILES string of the molecule is CCOCC(C)Oc1ccc(C(=N)N)c(C(F)(F)F)c1. The smallest absolute Gasteiger partial charge is 0.417 e. The summed E-state index contributed by atoms with van der Waals surface area (Å²) in [5, 5.41) is 7.18. The van der Waals surface area contributed by atoms with E-state index in [0.717, 1.165) is 12.1 Å². The highest BCUT2D eigenvalue weighted by atomic mass is 19.4. The summed E-state index contributed by atoms with van der Waals surface area (Å²) in [7, 11) is 0. The zero-order chi connectivity index (χ0) is 15.3. The van der Waals surface area contributed by atoms with Crippen molar-refractivity contribution in [3.63, 3.8) is 0 Å². The van der Waals surface area contributed by atoms with Gasteiger partial charge in [-0.2, -0.15) is 13.2 Å². The van der Waals surface area contributed by atoms with Gasteiger partial charge in [0, 0.05) is 12.2 Å². The molecule has 0 heterocycles. The molecule has 0 saturated carbocycles. The van der Waals surface area contributed by atoms with Gasteiger partial charge in [0.05, 0.1) is 12.2 Å². The molecular formula is C13H17F3N2O2. The van der Waals surface area contributed by atoms with E-state index in [-0.39, 0.29) is 24.0 Å². The zero-order valence-electron chi connectivity index (χ0n) is 11.3. The standard InChI is InChI=1S/C13H17F3N2O2/c1-3-19-7-8(2)20-9-4-5-10(12(17)18)11(6-9)13(14,15)16/h4-6,8H,3,7H2,1-2H3,(H3,17,18). The highest BCUT2D eigenvalue weighted by Gasteiger charge is 2.34. The lowest BCUT2D eigenvalue weighted by Crippen LogP contribution is -2.21. The van der Waals surface area contributed by atoms with E-state index < -0.39 is 17.6 Å². The van der Waals surface area contributed by atoms with Crippen LogP contribution >= 0.6 is 0 Å². The fraction of sp³-hybridized carbons (Fsp3) is 0.462. The third-order valence-corrected chi connectivity index (χ3v) is 2.48. The van der Waals surface area contributed by atoms with Crippen LogP contribution in [-0.4, -0.2) is 25.2 Å². The van der Waals surface area contributed by atoms with Crippen molar-refractivity contribution in [2.45, 2.75) is 26.1 Å². The Hall–Kier alpha value is -1.76. The zero-order valence-corrected chi connectivity index (χ0v) is 11.3. The van der Waals surface area contributed by atoms with Crippen molar-refractivity contribution in [3.8, 4) is 5.75 Å². The molecular weight excluding hydrogens is 273 g/mol. The number of hydrogen-bond acceptors (Lipinski definition) is 3. The molecule has 0 spiro atoms. The molecule has 1 unspecified atom stereocenters. The fourth-order valence-corrected chi connectivity index (χ4v) is 1.62. The normalized spacial score (nSPS) is 13.1. The number of nitrogens with two attached hydrogens (primary N) is 1. The van der Waals surface area contributed by atoms with E-state index in [4.69, 9.17) is 20.6 Å². The van der Waals surface area contributed by atoms with Gasteiger partial charge in [0.2, 0.25) is 0 Å². The topological polar surface area (TPSA) is 68.3 Å². The number of rotatable bonds is 6. The van der Waals surface area contributed by atoms with Gasteiger partial charge in [0.25, 0.3) is 0 Å². The maximum Gasteiger partial charge on any atom is 0.417 e. The molecule has 0 aromatic heterocycles. The predicted octanol–water partition coefficient (Wildman–Crippen LogP) is 2.79. The summed E-state index contributed by atoms with van der Waals surface area (Å²) >= 11 is 0. The Morgan fingerprint density at radius 2 is 2.05 bits per heavy atom. The molecule has 112 valence electrons. The van der Waals surface area contributed by atoms with Gasteiger partial charge in [-0.3, -0.25) is 5.41 Å². The van der Waals surface area contributed by atoms with Crippen LogP contribution in [0.25, 0.3) is 0 Å². The van der Waals surface area contributed by atoms with Crippen LogP contribution in [0.1, 0.15) is 25.0 Å². The van der Waals surface area contributed by atoms with Gasteiger partial charge in [0.1, 0.15) is 17.7 Å². The van der Waals surface area contributed by atoms with E-state index >= 15 is 0 Å². The summed E-state index contributed by atoms with van der Waals surface area (Å²) in [6.07, 6.45) is -4.97. The summed E-state index contributed by atoms with van der Waals surface area (Å²) in [5.74, 6) is -0.569. The third kappa shape index (κ3) is 4.41. The molecule has 0 saturated heterocycles. The van der Waals surface area contributed by atoms with Crippen LogP contribution in [-0.2, 0) is 10.9 Å². The van der Waals surface area contributed by atoms with Crippen LogP contribution in [0.5, 0.6) is 5.75 Å². The van der Waals surface area contributed by atoms with Crippen LogP contribution in [0.15, 0.2) is 18.2 Å². The van der Waals surface area contributed by atoms with Gasteiger partial charge in [-0.15, -0.1) is 0 Å². The lowest BCUT2D eigenvalue weighted by atomic mass is 10.1. The van der Waals surface area contributed by atoms with Gasteiger partial charge < -0.3 is 15.2 Å². The predicted molar refractivity (Wildman–Crippen MR) is 69.0 cm³/mol. The number of amidine groups is 1. The molecule has 0 fully saturated rings. The van der Waals surface area contributed by atoms with Crippen molar-refractivity contribution in [1.82, 2.24) is 0 Å². The number of ether oxygens (including phenoxy) is 2. The first-order valence-electron chi connectivity index (χ1n) is 6.05. The van der Waals surface area contributed by atoms with Gasteiger partial charge in [-0.1, -0.05) is 0 Å². The molecule has 1 atom stereocenters. The molecule has 0 aliphatic rings. The first-order chi connectivity index (χ1) is 9.25. The summed E-state index contributed by atoms with van der Waals surface area (Å²) < 4.78 is 49.2. The quantitative estimate of drug-likeness (QED) is 0.625. The Morgan fingerprint density at radius 3 is 2.55 bits per heavy atom. The van der Waals surface area contributed by atoms with E-state index in [0.29, 0.717) is 6.61 Å². The lowest BCUT2D eigenvalue weighted by Gasteiger charge is -2.17. The van der Waals surface area contributed by atoms with Gasteiger partial charge in [0.15, 0.2) is 0 Å². The first kappa shape index (κ1) is 16.3. The molecule has 1 aromatic rings.